The van der Waals surface area contributed by atoms with Crippen molar-refractivity contribution in [1.29, 1.82) is 0 Å². The summed E-state index contributed by atoms with van der Waals surface area (Å²) in [6, 6.07) is 0. The Labute approximate surface area is 165 Å². The summed E-state index contributed by atoms with van der Waals surface area (Å²) in [4.78, 5) is 0. The lowest BCUT2D eigenvalue weighted by atomic mass is 9.58. The molecule has 0 aromatic carbocycles. The Balaban J connectivity index is 1.46. The van der Waals surface area contributed by atoms with E-state index in [-0.39, 0.29) is 0 Å². The highest BCUT2D eigenvalue weighted by atomic mass is 79.9. The average molecular weight is 554 g/mol. The van der Waals surface area contributed by atoms with Gasteiger partial charge >= 0.3 is 0 Å². The molecule has 0 N–H and O–H groups in total. The van der Waals surface area contributed by atoms with Crippen LogP contribution in [0, 0.1) is 11.8 Å². The summed E-state index contributed by atoms with van der Waals surface area (Å²) in [5.41, 5.74) is 7.38. The Kier molecular flexibility index (Phi) is 2.57. The fourth-order valence-corrected chi connectivity index (χ4v) is 10.6. The molecule has 0 aromatic rings. The third-order valence-corrected chi connectivity index (χ3v) is 14.0. The molecule has 4 atom stereocenters. The first kappa shape index (κ1) is 14.6. The summed E-state index contributed by atoms with van der Waals surface area (Å²) in [5.74, 6) is 1.57. The molecule has 7 aliphatic rings. The van der Waals surface area contributed by atoms with Crippen molar-refractivity contribution in [2.75, 3.05) is 0 Å². The Hall–Kier alpha value is 1.40. The molecule has 7 rings (SSSR count). The van der Waals surface area contributed by atoms with Gasteiger partial charge in [-0.15, -0.1) is 0 Å². The summed E-state index contributed by atoms with van der Waals surface area (Å²) in [6.45, 7) is 0. The van der Waals surface area contributed by atoms with Gasteiger partial charge in [0.1, 0.15) is 0 Å². The molecule has 0 radical (unpaired) electrons. The second-order valence-corrected chi connectivity index (χ2v) is 14.8. The van der Waals surface area contributed by atoms with Crippen LogP contribution in [0.25, 0.3) is 0 Å². The lowest BCUT2D eigenvalue weighted by Gasteiger charge is -2.50. The van der Waals surface area contributed by atoms with Crippen molar-refractivity contribution in [3.8, 4) is 0 Å². The third kappa shape index (κ3) is 1.53. The van der Waals surface area contributed by atoms with Gasteiger partial charge < -0.3 is 0 Å². The van der Waals surface area contributed by atoms with Gasteiger partial charge in [0, 0.05) is 29.1 Å². The van der Waals surface area contributed by atoms with Gasteiger partial charge in [0.05, 0.1) is 0 Å². The molecule has 0 amide bonds. The van der Waals surface area contributed by atoms with Crippen molar-refractivity contribution in [2.24, 2.45) is 11.8 Å². The van der Waals surface area contributed by atoms with E-state index in [0.29, 0.717) is 17.3 Å². The molecule has 22 heavy (non-hydrogen) atoms. The molecule has 4 unspecified atom stereocenters. The number of halogens is 4. The molecule has 0 spiro atoms. The molecule has 0 aliphatic heterocycles. The Bertz CT molecular complexity index is 596. The zero-order valence-corrected chi connectivity index (χ0v) is 18.7. The van der Waals surface area contributed by atoms with Gasteiger partial charge in [0.25, 0.3) is 0 Å². The van der Waals surface area contributed by atoms with Crippen LogP contribution in [0.15, 0.2) is 22.3 Å². The van der Waals surface area contributed by atoms with E-state index < -0.39 is 0 Å². The highest BCUT2D eigenvalue weighted by Crippen LogP contribution is 2.76. The van der Waals surface area contributed by atoms with E-state index in [2.05, 4.69) is 63.7 Å². The van der Waals surface area contributed by atoms with Crippen molar-refractivity contribution in [3.63, 3.8) is 0 Å². The van der Waals surface area contributed by atoms with Gasteiger partial charge in [0.2, 0.25) is 0 Å². The molecule has 0 nitrogen and oxygen atoms in total. The monoisotopic (exact) mass is 550 g/mol. The number of allylic oxidation sites excluding steroid dienone is 4. The predicted molar refractivity (Wildman–Crippen MR) is 105 cm³/mol. The van der Waals surface area contributed by atoms with Gasteiger partial charge in [-0.3, -0.25) is 0 Å². The maximum Gasteiger partial charge on any atom is 0.0465 e. The number of fused-ring (bicyclic) bond motifs is 3. The third-order valence-electron chi connectivity index (χ3n) is 7.61. The quantitative estimate of drug-likeness (QED) is 0.236. The van der Waals surface area contributed by atoms with E-state index in [4.69, 9.17) is 0 Å². The Morgan fingerprint density at radius 3 is 1.09 bits per heavy atom. The minimum Gasteiger partial charge on any atom is -0.0834 e. The van der Waals surface area contributed by atoms with Crippen LogP contribution < -0.4 is 0 Å². The van der Waals surface area contributed by atoms with E-state index in [1.807, 2.05) is 22.3 Å². The van der Waals surface area contributed by atoms with E-state index in [1.54, 1.807) is 0 Å². The lowest BCUT2D eigenvalue weighted by molar-refractivity contribution is 0.369. The van der Waals surface area contributed by atoms with Crippen LogP contribution in [0.3, 0.4) is 0 Å². The average Bonchev–Trinajstić information content (AvgIpc) is 3.19. The van der Waals surface area contributed by atoms with Crippen LogP contribution in [0.5, 0.6) is 0 Å². The van der Waals surface area contributed by atoms with Crippen LogP contribution >= 0.6 is 63.7 Å². The molecular formula is C18H18Br4. The molecule has 118 valence electrons. The Morgan fingerprint density at radius 2 is 0.818 bits per heavy atom. The molecule has 2 fully saturated rings. The van der Waals surface area contributed by atoms with E-state index in [0.717, 1.165) is 11.8 Å². The van der Waals surface area contributed by atoms with E-state index in [1.165, 1.54) is 51.4 Å². The first-order valence-corrected chi connectivity index (χ1v) is 11.6. The van der Waals surface area contributed by atoms with Crippen LogP contribution in [0.2, 0.25) is 0 Å². The van der Waals surface area contributed by atoms with Crippen molar-refractivity contribution in [2.45, 2.75) is 68.7 Å². The van der Waals surface area contributed by atoms with Gasteiger partial charge in [-0.05, 0) is 51.4 Å². The first-order chi connectivity index (χ1) is 10.3. The van der Waals surface area contributed by atoms with Gasteiger partial charge in [0.15, 0.2) is 0 Å². The first-order valence-electron chi connectivity index (χ1n) is 8.47. The maximum absolute atomic E-state index is 4.07. The molecule has 0 aromatic heterocycles. The zero-order valence-electron chi connectivity index (χ0n) is 12.3. The van der Waals surface area contributed by atoms with Gasteiger partial charge in [-0.25, -0.2) is 0 Å². The number of rotatable bonds is 0. The second-order valence-electron chi connectivity index (χ2n) is 8.71. The number of hydrogen-bond donors (Lipinski definition) is 0. The smallest absolute Gasteiger partial charge is 0.0465 e. The van der Waals surface area contributed by atoms with Crippen molar-refractivity contribution in [1.82, 2.24) is 0 Å². The van der Waals surface area contributed by atoms with Crippen molar-refractivity contribution < 1.29 is 0 Å². The standard InChI is InChI=1S/C18H18Br4/c19-15-3-11-9-1-2-10(13(11)5-17(15,21)7-15)14-6-18(22)8-16(18,20)4-12(9)14/h9-10H,1-8H2. The van der Waals surface area contributed by atoms with E-state index >= 15 is 0 Å². The molecule has 0 heterocycles. The molecule has 2 saturated carbocycles. The maximum atomic E-state index is 4.07. The largest absolute Gasteiger partial charge is 0.0834 e. The SMILES string of the molecule is BrC12CC3=C(CC1(Br)C2)C1CCC3C2=C1CC1(Br)CC1(Br)C2. The molecule has 0 saturated heterocycles. The number of hydrogen-bond acceptors (Lipinski definition) is 0. The highest BCUT2D eigenvalue weighted by molar-refractivity contribution is 9.13. The van der Waals surface area contributed by atoms with E-state index in [9.17, 15) is 0 Å². The second kappa shape index (κ2) is 3.88. The van der Waals surface area contributed by atoms with Crippen LogP contribution in [-0.2, 0) is 0 Å². The summed E-state index contributed by atoms with van der Waals surface area (Å²) in [5, 5.41) is 0. The number of alkyl halides is 4. The summed E-state index contributed by atoms with van der Waals surface area (Å²) >= 11 is 16.3. The molecular weight excluding hydrogens is 536 g/mol. The minimum atomic E-state index is 0.372. The molecule has 7 aliphatic carbocycles. The molecule has 2 bridgehead atoms. The van der Waals surface area contributed by atoms with Crippen molar-refractivity contribution in [3.05, 3.63) is 22.3 Å². The van der Waals surface area contributed by atoms with Gasteiger partial charge in [-0.1, -0.05) is 86.0 Å². The highest BCUT2D eigenvalue weighted by Gasteiger charge is 2.71. The van der Waals surface area contributed by atoms with Crippen LogP contribution in [0.4, 0.5) is 0 Å². The molecule has 4 heteroatoms. The van der Waals surface area contributed by atoms with Crippen molar-refractivity contribution >= 4 is 63.7 Å². The zero-order chi connectivity index (χ0) is 15.1. The predicted octanol–water partition coefficient (Wildman–Crippen LogP) is 6.55. The fourth-order valence-electron chi connectivity index (χ4n) is 6.18. The van der Waals surface area contributed by atoms with Crippen LogP contribution in [0.1, 0.15) is 51.4 Å². The minimum absolute atomic E-state index is 0.372. The fraction of sp³-hybridized carbons (Fsp3) is 0.778. The summed E-state index contributed by atoms with van der Waals surface area (Å²) < 4.78 is 1.49. The summed E-state index contributed by atoms with van der Waals surface area (Å²) in [7, 11) is 0. The normalized spacial score (nSPS) is 60.5. The summed E-state index contributed by atoms with van der Waals surface area (Å²) in [6.07, 6.45) is 10.6. The Morgan fingerprint density at radius 1 is 0.545 bits per heavy atom. The topological polar surface area (TPSA) is 0 Å². The lowest BCUT2D eigenvalue weighted by Crippen LogP contribution is -2.40. The van der Waals surface area contributed by atoms with Gasteiger partial charge in [-0.2, -0.15) is 0 Å². The van der Waals surface area contributed by atoms with Crippen LogP contribution in [-0.4, -0.2) is 17.3 Å².